The number of benzene rings is 8. The molecular formula is C49H37IN5-. The molecule has 0 fully saturated rings. The summed E-state index contributed by atoms with van der Waals surface area (Å²) in [7, 11) is 0. The van der Waals surface area contributed by atoms with Crippen molar-refractivity contribution in [2.24, 2.45) is 10.7 Å². The molecule has 8 aromatic carbocycles. The van der Waals surface area contributed by atoms with Crippen molar-refractivity contribution < 1.29 is 21.5 Å². The molecule has 0 amide bonds. The number of rotatable bonds is 7. The monoisotopic (exact) mass is 822 g/mol. The van der Waals surface area contributed by atoms with Gasteiger partial charge in [0.25, 0.3) is 0 Å². The molecule has 266 valence electrons. The van der Waals surface area contributed by atoms with Crippen molar-refractivity contribution in [3.05, 3.63) is 197 Å². The number of fused-ring (bicyclic) bond motifs is 7. The van der Waals surface area contributed by atoms with E-state index in [0.717, 1.165) is 38.4 Å². The van der Waals surface area contributed by atoms with E-state index in [4.69, 9.17) is 10.7 Å². The first-order chi connectivity index (χ1) is 27.0. The molecule has 0 aliphatic rings. The molecule has 6 heteroatoms. The number of nitrogens with zero attached hydrogens (tertiary/aromatic N) is 3. The molecule has 2 heterocycles. The molecule has 10 aromatic rings. The molecule has 5 nitrogen and oxygen atoms in total. The van der Waals surface area contributed by atoms with Gasteiger partial charge < -0.3 is 0 Å². The molecule has 55 heavy (non-hydrogen) atoms. The van der Waals surface area contributed by atoms with E-state index in [1.165, 1.54) is 41.9 Å². The molecule has 0 aliphatic heterocycles. The third-order valence-electron chi connectivity index (χ3n) is 10.6. The molecule has 2 aromatic heterocycles. The second-order valence-corrected chi connectivity index (χ2v) is 16.4. The summed E-state index contributed by atoms with van der Waals surface area (Å²) in [5, 5.41) is 7.10. The Morgan fingerprint density at radius 2 is 1.09 bits per heavy atom. The Morgan fingerprint density at radius 3 is 1.76 bits per heavy atom. The fourth-order valence-corrected chi connectivity index (χ4v) is 9.94. The Bertz CT molecular complexity index is 3000. The van der Waals surface area contributed by atoms with Crippen molar-refractivity contribution >= 4 is 60.3 Å². The molecule has 1 unspecified atom stereocenters. The van der Waals surface area contributed by atoms with Crippen LogP contribution in [-0.4, -0.2) is 15.1 Å². The summed E-state index contributed by atoms with van der Waals surface area (Å²) in [4.78, 5) is 5.38. The second kappa shape index (κ2) is 13.6. The first-order valence-corrected chi connectivity index (χ1v) is 20.6. The van der Waals surface area contributed by atoms with Crippen LogP contribution in [0.25, 0.3) is 71.2 Å². The van der Waals surface area contributed by atoms with E-state index in [1.807, 2.05) is 6.07 Å². The topological polar surface area (TPSA) is 60.3 Å². The number of aromatic nitrogens is 2. The van der Waals surface area contributed by atoms with Gasteiger partial charge in [0.05, 0.1) is 0 Å². The van der Waals surface area contributed by atoms with Gasteiger partial charge in [-0.05, 0) is 12.1 Å². The predicted molar refractivity (Wildman–Crippen MR) is 226 cm³/mol. The van der Waals surface area contributed by atoms with E-state index < -0.39 is 27.1 Å². The van der Waals surface area contributed by atoms with Crippen molar-refractivity contribution in [3.8, 4) is 16.8 Å². The van der Waals surface area contributed by atoms with Crippen LogP contribution in [0.3, 0.4) is 0 Å². The Balaban J connectivity index is 1.09. The van der Waals surface area contributed by atoms with E-state index in [2.05, 4.69) is 202 Å². The van der Waals surface area contributed by atoms with Crippen LogP contribution in [0.1, 0.15) is 12.5 Å². The minimum atomic E-state index is -0.769. The third kappa shape index (κ3) is 5.85. The summed E-state index contributed by atoms with van der Waals surface area (Å²) in [5.41, 5.74) is 15.5. The van der Waals surface area contributed by atoms with Crippen molar-refractivity contribution in [3.63, 3.8) is 0 Å². The Morgan fingerprint density at radius 1 is 0.527 bits per heavy atom. The first kappa shape index (κ1) is 33.4. The molecule has 0 saturated heterocycles. The number of para-hydroxylation sites is 3. The Hall–Kier alpha value is -6.22. The molecule has 10 rings (SSSR count). The van der Waals surface area contributed by atoms with E-state index in [0.29, 0.717) is 5.96 Å². The van der Waals surface area contributed by atoms with Crippen molar-refractivity contribution in [2.75, 3.05) is 0 Å². The van der Waals surface area contributed by atoms with Crippen LogP contribution in [0.4, 0.5) is 0 Å². The number of aliphatic imine (C=N–C) groups is 1. The van der Waals surface area contributed by atoms with Gasteiger partial charge in [-0.1, -0.05) is 36.4 Å². The fraction of sp³-hybridized carbons (Fsp3) is 0.0408. The number of halogens is 1. The van der Waals surface area contributed by atoms with Gasteiger partial charge in [0.2, 0.25) is 0 Å². The summed E-state index contributed by atoms with van der Waals surface area (Å²) >= 11 is -0.629. The second-order valence-electron chi connectivity index (χ2n) is 14.1. The van der Waals surface area contributed by atoms with Crippen LogP contribution in [0, 0.1) is 3.57 Å². The van der Waals surface area contributed by atoms with E-state index in [9.17, 15) is 0 Å². The van der Waals surface area contributed by atoms with Crippen LogP contribution in [0.5, 0.6) is 0 Å². The number of nitrogens with one attached hydrogen (secondary N) is 1. The average Bonchev–Trinajstić information content (AvgIpc) is 3.75. The zero-order valence-corrected chi connectivity index (χ0v) is 32.4. The van der Waals surface area contributed by atoms with Gasteiger partial charge in [-0.3, -0.25) is 0 Å². The maximum absolute atomic E-state index is 7.20. The van der Waals surface area contributed by atoms with Crippen molar-refractivity contribution in [2.45, 2.75) is 12.6 Å². The number of hydrogen-bond donors (Lipinski definition) is 2. The van der Waals surface area contributed by atoms with Gasteiger partial charge in [0.15, 0.2) is 0 Å². The molecule has 1 atom stereocenters. The Labute approximate surface area is 330 Å². The third-order valence-corrected chi connectivity index (χ3v) is 13.3. The summed E-state index contributed by atoms with van der Waals surface area (Å²) in [6, 6.07) is 66.9. The van der Waals surface area contributed by atoms with Gasteiger partial charge in [0, 0.05) is 10.8 Å². The summed E-state index contributed by atoms with van der Waals surface area (Å²) in [6.45, 7) is 2.13. The molecule has 0 spiro atoms. The van der Waals surface area contributed by atoms with Crippen LogP contribution < -0.4 is 30.7 Å². The molecule has 3 N–H and O–H groups in total. The van der Waals surface area contributed by atoms with E-state index >= 15 is 0 Å². The number of nitrogens with two attached hydrogens (primary N) is 1. The van der Waals surface area contributed by atoms with Crippen LogP contribution in [0.15, 0.2) is 193 Å². The Kier molecular flexibility index (Phi) is 8.23. The van der Waals surface area contributed by atoms with E-state index in [1.54, 1.807) is 0 Å². The zero-order chi connectivity index (χ0) is 36.9. The van der Waals surface area contributed by atoms with Gasteiger partial charge in [-0.15, -0.1) is 0 Å². The summed E-state index contributed by atoms with van der Waals surface area (Å²) < 4.78 is 9.66. The molecule has 0 radical (unpaired) electrons. The van der Waals surface area contributed by atoms with Crippen LogP contribution in [0.2, 0.25) is 0 Å². The van der Waals surface area contributed by atoms with Crippen LogP contribution >= 0.6 is 0 Å². The van der Waals surface area contributed by atoms with Gasteiger partial charge >= 0.3 is 273 Å². The van der Waals surface area contributed by atoms with Crippen LogP contribution in [-0.2, 0) is 5.66 Å². The van der Waals surface area contributed by atoms with Gasteiger partial charge in [-0.25, -0.2) is 0 Å². The number of hydrogen-bond acceptors (Lipinski definition) is 2. The normalized spacial score (nSPS) is 13.4. The van der Waals surface area contributed by atoms with Gasteiger partial charge in [0.1, 0.15) is 0 Å². The minimum absolute atomic E-state index is 0.436. The average molecular weight is 823 g/mol. The quantitative estimate of drug-likeness (QED) is 0.0738. The SMILES string of the molecule is CC(N=C(N)n1c2ccccc2c2cc3ccc(-n4c5ccccc5c5ccccc54)cc3cc21)(N[I-]c1ccc(-c2ccccc2)cc1)c1ccccc1. The van der Waals surface area contributed by atoms with Crippen molar-refractivity contribution in [1.29, 1.82) is 0 Å². The molecule has 0 bridgehead atoms. The van der Waals surface area contributed by atoms with Gasteiger partial charge in [-0.2, -0.15) is 0 Å². The van der Waals surface area contributed by atoms with Crippen molar-refractivity contribution in [1.82, 2.24) is 12.7 Å². The summed E-state index contributed by atoms with van der Waals surface area (Å²) in [5.74, 6) is 0.436. The fourth-order valence-electron chi connectivity index (χ4n) is 7.95. The summed E-state index contributed by atoms with van der Waals surface area (Å²) in [6.07, 6.45) is 0. The molecule has 0 aliphatic carbocycles. The first-order valence-electron chi connectivity index (χ1n) is 18.5. The molecular weight excluding hydrogens is 785 g/mol. The standard InChI is InChI=1S/C49H37IN5/c1-49(37-16-6-3-7-17-37,53-50-38-27-24-34(25-28-38)33-14-4-2-5-15-33)52-48(51)55-46-23-13-10-20-42(46)43-31-35-26-29-39(30-36(35)32-47(43)55)54-44-21-11-8-18-40(44)41-19-9-12-22-45(41)54/h2-32,53H,1H3,(H2,51,52)/q-1. The maximum atomic E-state index is 7.20. The predicted octanol–water partition coefficient (Wildman–Crippen LogP) is 8.21. The molecule has 0 saturated carbocycles. The zero-order valence-electron chi connectivity index (χ0n) is 30.2. The van der Waals surface area contributed by atoms with E-state index in [-0.39, 0.29) is 0 Å².